The molecule has 0 saturated heterocycles. The maximum atomic E-state index is 13.3. The van der Waals surface area contributed by atoms with Gasteiger partial charge in [0.15, 0.2) is 11.5 Å². The first-order valence-corrected chi connectivity index (χ1v) is 11.3. The van der Waals surface area contributed by atoms with Crippen molar-refractivity contribution < 1.29 is 33.6 Å². The molecule has 1 aliphatic carbocycles. The van der Waals surface area contributed by atoms with E-state index in [-0.39, 0.29) is 6.79 Å². The predicted molar refractivity (Wildman–Crippen MR) is 120 cm³/mol. The molecule has 2 aromatic rings. The summed E-state index contributed by atoms with van der Waals surface area (Å²) in [5.41, 5.74) is 2.86. The van der Waals surface area contributed by atoms with E-state index in [1.807, 2.05) is 13.0 Å². The number of fused-ring (bicyclic) bond motifs is 1. The minimum absolute atomic E-state index is 0.0859. The zero-order valence-electron chi connectivity index (χ0n) is 19.1. The Bertz CT molecular complexity index is 1130. The quantitative estimate of drug-likeness (QED) is 0.647. The van der Waals surface area contributed by atoms with Gasteiger partial charge in [0, 0.05) is 11.1 Å². The molecule has 1 unspecified atom stereocenters. The van der Waals surface area contributed by atoms with Crippen LogP contribution in [0.2, 0.25) is 0 Å². The van der Waals surface area contributed by atoms with Gasteiger partial charge in [0.25, 0.3) is 5.79 Å². The first kappa shape index (κ1) is 21.6. The summed E-state index contributed by atoms with van der Waals surface area (Å²) in [4.78, 5) is 13.3. The van der Waals surface area contributed by atoms with E-state index in [0.717, 1.165) is 31.2 Å². The highest BCUT2D eigenvalue weighted by Crippen LogP contribution is 2.50. The van der Waals surface area contributed by atoms with Crippen molar-refractivity contribution in [1.82, 2.24) is 0 Å². The number of hydrogen-bond donors (Lipinski definition) is 1. The molecule has 2 aliphatic heterocycles. The van der Waals surface area contributed by atoms with E-state index >= 15 is 0 Å². The highest BCUT2D eigenvalue weighted by Gasteiger charge is 2.49. The van der Waals surface area contributed by atoms with Gasteiger partial charge in [0.2, 0.25) is 12.5 Å². The molecule has 0 aromatic heterocycles. The van der Waals surface area contributed by atoms with Crippen LogP contribution >= 0.6 is 0 Å². The van der Waals surface area contributed by atoms with E-state index in [4.69, 9.17) is 23.7 Å². The summed E-state index contributed by atoms with van der Waals surface area (Å²) in [6, 6.07) is 8.83. The standard InChI is InChI=1S/C26H28O7/c1-15-10-18(8-9-20(15)29-2)26(28)19(11-16-6-4-5-7-16)23(25(27)33-26)17-12-21(30-3)24-22(13-17)31-14-32-24/h8-10,12-13,16,28H,4-7,11,14H2,1-3H3. The minimum Gasteiger partial charge on any atom is -0.496 e. The number of cyclic esters (lactones) is 1. The number of aryl methyl sites for hydroxylation is 1. The number of carbonyl (C=O) groups excluding carboxylic acids is 1. The zero-order valence-corrected chi connectivity index (χ0v) is 19.1. The van der Waals surface area contributed by atoms with Gasteiger partial charge in [-0.2, -0.15) is 0 Å². The Hall–Kier alpha value is -3.19. The number of ether oxygens (including phenoxy) is 5. The van der Waals surface area contributed by atoms with Crippen LogP contribution < -0.4 is 18.9 Å². The van der Waals surface area contributed by atoms with E-state index in [1.165, 1.54) is 0 Å². The molecule has 0 spiro atoms. The molecular weight excluding hydrogens is 424 g/mol. The number of hydrogen-bond acceptors (Lipinski definition) is 7. The van der Waals surface area contributed by atoms with Crippen LogP contribution in [0.15, 0.2) is 35.9 Å². The van der Waals surface area contributed by atoms with Crippen molar-refractivity contribution in [1.29, 1.82) is 0 Å². The van der Waals surface area contributed by atoms with Gasteiger partial charge in [-0.1, -0.05) is 25.7 Å². The van der Waals surface area contributed by atoms with Crippen molar-refractivity contribution in [3.8, 4) is 23.0 Å². The third-order valence-corrected chi connectivity index (χ3v) is 6.86. The van der Waals surface area contributed by atoms with E-state index in [2.05, 4.69) is 0 Å². The van der Waals surface area contributed by atoms with Crippen LogP contribution in [0.4, 0.5) is 0 Å². The van der Waals surface area contributed by atoms with Crippen molar-refractivity contribution in [2.75, 3.05) is 21.0 Å². The lowest BCUT2D eigenvalue weighted by Crippen LogP contribution is -2.29. The zero-order chi connectivity index (χ0) is 23.2. The molecule has 1 fully saturated rings. The fourth-order valence-corrected chi connectivity index (χ4v) is 5.17. The molecule has 3 aliphatic rings. The average molecular weight is 453 g/mol. The van der Waals surface area contributed by atoms with Crippen LogP contribution in [0.25, 0.3) is 5.57 Å². The summed E-state index contributed by atoms with van der Waals surface area (Å²) < 4.78 is 27.7. The first-order chi connectivity index (χ1) is 15.9. The molecule has 1 atom stereocenters. The largest absolute Gasteiger partial charge is 0.496 e. The lowest BCUT2D eigenvalue weighted by Gasteiger charge is -2.27. The second kappa shape index (κ2) is 8.30. The third kappa shape index (κ3) is 3.60. The molecule has 0 amide bonds. The molecule has 7 heteroatoms. The number of esters is 1. The smallest absolute Gasteiger partial charge is 0.341 e. The number of carbonyl (C=O) groups is 1. The Labute approximate surface area is 192 Å². The molecule has 33 heavy (non-hydrogen) atoms. The van der Waals surface area contributed by atoms with Gasteiger partial charge >= 0.3 is 5.97 Å². The van der Waals surface area contributed by atoms with E-state index in [0.29, 0.717) is 57.6 Å². The summed E-state index contributed by atoms with van der Waals surface area (Å²) >= 11 is 0. The number of aliphatic hydroxyl groups is 1. The molecule has 2 aromatic carbocycles. The van der Waals surface area contributed by atoms with Crippen molar-refractivity contribution in [2.45, 2.75) is 44.8 Å². The second-order valence-corrected chi connectivity index (χ2v) is 8.84. The fourth-order valence-electron chi connectivity index (χ4n) is 5.17. The van der Waals surface area contributed by atoms with Gasteiger partial charge in [0.1, 0.15) is 5.75 Å². The Morgan fingerprint density at radius 1 is 1.06 bits per heavy atom. The average Bonchev–Trinajstić information content (AvgIpc) is 3.54. The SMILES string of the molecule is COc1ccc(C2(O)OC(=O)C(c3cc(OC)c4c(c3)OCO4)=C2CC2CCCC2)cc1C. The summed E-state index contributed by atoms with van der Waals surface area (Å²) in [5, 5.41) is 11.9. The summed E-state index contributed by atoms with van der Waals surface area (Å²) in [6.45, 7) is 1.98. The number of benzene rings is 2. The summed E-state index contributed by atoms with van der Waals surface area (Å²) in [5.74, 6) is 0.138. The van der Waals surface area contributed by atoms with Gasteiger partial charge in [-0.05, 0) is 60.7 Å². The minimum atomic E-state index is -1.85. The van der Waals surface area contributed by atoms with Gasteiger partial charge < -0.3 is 28.8 Å². The molecule has 2 heterocycles. The Morgan fingerprint density at radius 2 is 1.82 bits per heavy atom. The van der Waals surface area contributed by atoms with Crippen molar-refractivity contribution in [3.05, 3.63) is 52.6 Å². The van der Waals surface area contributed by atoms with Crippen molar-refractivity contribution in [3.63, 3.8) is 0 Å². The highest BCUT2D eigenvalue weighted by atomic mass is 16.7. The van der Waals surface area contributed by atoms with E-state index < -0.39 is 11.8 Å². The molecule has 1 saturated carbocycles. The van der Waals surface area contributed by atoms with Gasteiger partial charge in [-0.15, -0.1) is 0 Å². The molecule has 0 radical (unpaired) electrons. The van der Waals surface area contributed by atoms with Crippen LogP contribution in [0, 0.1) is 12.8 Å². The summed E-state index contributed by atoms with van der Waals surface area (Å²) in [7, 11) is 3.14. The monoisotopic (exact) mass is 452 g/mol. The Morgan fingerprint density at radius 3 is 2.52 bits per heavy atom. The molecule has 174 valence electrons. The van der Waals surface area contributed by atoms with Gasteiger partial charge in [0.05, 0.1) is 19.8 Å². The number of rotatable bonds is 6. The van der Waals surface area contributed by atoms with E-state index in [9.17, 15) is 9.90 Å². The van der Waals surface area contributed by atoms with Crippen molar-refractivity contribution >= 4 is 11.5 Å². The van der Waals surface area contributed by atoms with Crippen LogP contribution in [-0.4, -0.2) is 32.1 Å². The lowest BCUT2D eigenvalue weighted by molar-refractivity contribution is -0.185. The van der Waals surface area contributed by atoms with Gasteiger partial charge in [-0.3, -0.25) is 0 Å². The van der Waals surface area contributed by atoms with Gasteiger partial charge in [-0.25, -0.2) is 4.79 Å². The topological polar surface area (TPSA) is 83.5 Å². The first-order valence-electron chi connectivity index (χ1n) is 11.3. The summed E-state index contributed by atoms with van der Waals surface area (Å²) in [6.07, 6.45) is 5.00. The Balaban J connectivity index is 1.67. The Kier molecular flexibility index (Phi) is 5.44. The molecule has 5 rings (SSSR count). The predicted octanol–water partition coefficient (Wildman–Crippen LogP) is 4.48. The lowest BCUT2D eigenvalue weighted by atomic mass is 9.85. The molecule has 1 N–H and O–H groups in total. The van der Waals surface area contributed by atoms with Crippen LogP contribution in [0.3, 0.4) is 0 Å². The molecule has 0 bridgehead atoms. The highest BCUT2D eigenvalue weighted by molar-refractivity contribution is 6.20. The molecule has 7 nitrogen and oxygen atoms in total. The molecular formula is C26H28O7. The van der Waals surface area contributed by atoms with Crippen LogP contribution in [0.1, 0.15) is 48.8 Å². The van der Waals surface area contributed by atoms with Crippen LogP contribution in [0.5, 0.6) is 23.0 Å². The maximum Gasteiger partial charge on any atom is 0.341 e. The maximum absolute atomic E-state index is 13.3. The van der Waals surface area contributed by atoms with Crippen molar-refractivity contribution in [2.24, 2.45) is 5.92 Å². The fraction of sp³-hybridized carbons (Fsp3) is 0.423. The van der Waals surface area contributed by atoms with Crippen LogP contribution in [-0.2, 0) is 15.3 Å². The third-order valence-electron chi connectivity index (χ3n) is 6.86. The van der Waals surface area contributed by atoms with E-state index in [1.54, 1.807) is 38.5 Å². The normalized spacial score (nSPS) is 22.1. The number of methoxy groups -OCH3 is 2. The second-order valence-electron chi connectivity index (χ2n) is 8.84.